The maximum Gasteiger partial charge on any atom is 0.329 e. The molecule has 3 N–H and O–H groups in total. The number of carbonyl (C=O) groups excluding carboxylic acids is 3. The highest BCUT2D eigenvalue weighted by atomic mass is 16.6. The number of aliphatic hydroxyl groups is 3. The number of piperidine rings is 1. The Morgan fingerprint density at radius 3 is 2.37 bits per heavy atom. The molecule has 0 aromatic heterocycles. The van der Waals surface area contributed by atoms with Gasteiger partial charge in [-0.15, -0.1) is 0 Å². The molecule has 0 radical (unpaired) electrons. The number of fused-ring (bicyclic) bond motifs is 3. The van der Waals surface area contributed by atoms with Crippen LogP contribution < -0.4 is 0 Å². The smallest absolute Gasteiger partial charge is 0.329 e. The molecule has 4 aliphatic rings. The van der Waals surface area contributed by atoms with E-state index in [2.05, 4.69) is 33.4 Å². The summed E-state index contributed by atoms with van der Waals surface area (Å²) in [5.74, 6) is -4.70. The molecule has 1 aliphatic carbocycles. The van der Waals surface area contributed by atoms with E-state index in [0.29, 0.717) is 63.2 Å². The van der Waals surface area contributed by atoms with Crippen LogP contribution in [-0.2, 0) is 28.6 Å². The third kappa shape index (κ3) is 13.0. The summed E-state index contributed by atoms with van der Waals surface area (Å²) in [6.45, 7) is 16.5. The minimum atomic E-state index is -2.34. The van der Waals surface area contributed by atoms with Crippen LogP contribution in [0.5, 0.6) is 0 Å². The van der Waals surface area contributed by atoms with E-state index < -0.39 is 53.7 Å². The fourth-order valence-corrected chi connectivity index (χ4v) is 9.08. The zero-order chi connectivity index (χ0) is 41.9. The molecule has 2 bridgehead atoms. The van der Waals surface area contributed by atoms with Crippen LogP contribution in [-0.4, -0.2) is 93.9 Å². The number of aliphatic hydroxyl groups excluding tert-OH is 2. The molecule has 0 aromatic rings. The van der Waals surface area contributed by atoms with Crippen LogP contribution in [0.4, 0.5) is 0 Å². The molecule has 3 heterocycles. The average molecular weight is 796 g/mol. The number of rotatable bonds is 4. The lowest BCUT2D eigenvalue weighted by molar-refractivity contribution is -0.265. The van der Waals surface area contributed by atoms with Crippen LogP contribution in [0.25, 0.3) is 0 Å². The topological polar surface area (TPSA) is 143 Å². The minimum absolute atomic E-state index is 0.0382. The van der Waals surface area contributed by atoms with Crippen molar-refractivity contribution in [2.45, 2.75) is 174 Å². The van der Waals surface area contributed by atoms with Gasteiger partial charge in [0.25, 0.3) is 11.7 Å². The average Bonchev–Trinajstić information content (AvgIpc) is 3.19. The van der Waals surface area contributed by atoms with Crippen molar-refractivity contribution in [1.82, 2.24) is 4.90 Å². The Hall–Kier alpha value is -2.89. The van der Waals surface area contributed by atoms with Crippen molar-refractivity contribution in [1.29, 1.82) is 0 Å². The third-order valence-electron chi connectivity index (χ3n) is 13.3. The largest absolute Gasteiger partial charge is 0.460 e. The number of methoxy groups -OCH3 is 1. The van der Waals surface area contributed by atoms with Gasteiger partial charge in [-0.3, -0.25) is 9.59 Å². The maximum atomic E-state index is 14.2. The Morgan fingerprint density at radius 1 is 0.947 bits per heavy atom. The van der Waals surface area contributed by atoms with Gasteiger partial charge in [0.1, 0.15) is 12.1 Å². The van der Waals surface area contributed by atoms with Gasteiger partial charge in [-0.05, 0) is 126 Å². The van der Waals surface area contributed by atoms with Gasteiger partial charge in [-0.2, -0.15) is 0 Å². The van der Waals surface area contributed by atoms with Gasteiger partial charge in [-0.1, -0.05) is 76.3 Å². The van der Waals surface area contributed by atoms with Crippen molar-refractivity contribution >= 4 is 17.7 Å². The fourth-order valence-electron chi connectivity index (χ4n) is 9.08. The number of ketones is 1. The first-order chi connectivity index (χ1) is 27.0. The summed E-state index contributed by atoms with van der Waals surface area (Å²) in [5, 5.41) is 33.2. The first-order valence-electron chi connectivity index (χ1n) is 21.7. The van der Waals surface area contributed by atoms with Crippen molar-refractivity contribution in [3.8, 4) is 0 Å². The molecule has 3 fully saturated rings. The molecule has 1 amide bonds. The normalized spacial score (nSPS) is 40.0. The van der Waals surface area contributed by atoms with Gasteiger partial charge in [-0.25, -0.2) is 4.79 Å². The van der Waals surface area contributed by atoms with Crippen molar-refractivity contribution in [2.24, 2.45) is 29.6 Å². The van der Waals surface area contributed by atoms with Gasteiger partial charge in [0.15, 0.2) is 0 Å². The molecule has 57 heavy (non-hydrogen) atoms. The molecule has 320 valence electrons. The lowest BCUT2D eigenvalue weighted by Crippen LogP contribution is -2.61. The Bertz CT molecular complexity index is 1490. The number of ether oxygens (including phenoxy) is 3. The Morgan fingerprint density at radius 2 is 1.67 bits per heavy atom. The summed E-state index contributed by atoms with van der Waals surface area (Å²) in [5.41, 5.74) is 2.71. The number of hydrogen-bond acceptors (Lipinski definition) is 9. The highest BCUT2D eigenvalue weighted by Crippen LogP contribution is 2.37. The zero-order valence-corrected chi connectivity index (χ0v) is 35.9. The van der Waals surface area contributed by atoms with E-state index in [1.165, 1.54) is 4.90 Å². The number of esters is 1. The summed E-state index contributed by atoms with van der Waals surface area (Å²) >= 11 is 0. The number of cyclic esters (lactones) is 1. The standard InChI is InChI=1S/C47H73NO9/c1-30-14-10-9-11-15-32(3)43(55-8)29-39-23-18-36(7)47(54,57-39)44(51)45(52)48-25-13-12-16-40(48)46(53)56-42(35(6)27-37-19-21-38(49)22-20-37)24-17-31(2)41(50)28-34(5)33(4)26-30/h9-11,14-15,17,30,33,35-43,49-50,54H,5,12-13,16,18-29H2,1-4,6-8H3/b11-9+,14-10+,31-17+,32-15+/t30-,33-,35-,36-,37?,38?,39+,40+,41+,42?,43+,47-/m1/s1. The van der Waals surface area contributed by atoms with E-state index in [0.717, 1.165) is 55.2 Å². The van der Waals surface area contributed by atoms with E-state index in [1.807, 2.05) is 44.2 Å². The molecule has 3 aliphatic heterocycles. The van der Waals surface area contributed by atoms with Crippen LogP contribution in [0.3, 0.4) is 0 Å². The van der Waals surface area contributed by atoms with E-state index in [-0.39, 0.29) is 30.6 Å². The number of amides is 1. The number of carbonyl (C=O) groups is 3. The summed E-state index contributed by atoms with van der Waals surface area (Å²) < 4.78 is 18.3. The monoisotopic (exact) mass is 796 g/mol. The summed E-state index contributed by atoms with van der Waals surface area (Å²) in [4.78, 5) is 43.6. The van der Waals surface area contributed by atoms with Crippen molar-refractivity contribution in [2.75, 3.05) is 13.7 Å². The molecule has 10 atom stereocenters. The molecule has 1 saturated carbocycles. The predicted molar refractivity (Wildman–Crippen MR) is 223 cm³/mol. The van der Waals surface area contributed by atoms with E-state index in [1.54, 1.807) is 14.0 Å². The molecular formula is C47H73NO9. The van der Waals surface area contributed by atoms with Gasteiger partial charge in [0, 0.05) is 32.4 Å². The molecule has 10 nitrogen and oxygen atoms in total. The van der Waals surface area contributed by atoms with Gasteiger partial charge >= 0.3 is 5.97 Å². The molecule has 1 unspecified atom stereocenters. The Kier molecular flexibility index (Phi) is 18.0. The zero-order valence-electron chi connectivity index (χ0n) is 35.9. The van der Waals surface area contributed by atoms with Crippen LogP contribution in [0.15, 0.2) is 59.8 Å². The molecule has 10 heteroatoms. The Balaban J connectivity index is 1.64. The summed E-state index contributed by atoms with van der Waals surface area (Å²) in [7, 11) is 1.62. The molecule has 4 rings (SSSR count). The molecule has 2 saturated heterocycles. The van der Waals surface area contributed by atoms with Gasteiger partial charge in [0.2, 0.25) is 5.79 Å². The van der Waals surface area contributed by atoms with E-state index in [9.17, 15) is 29.7 Å². The van der Waals surface area contributed by atoms with Crippen LogP contribution in [0.1, 0.15) is 131 Å². The van der Waals surface area contributed by atoms with E-state index >= 15 is 0 Å². The number of Topliss-reactive ketones (excluding diaryl/α,β-unsaturated/α-hetero) is 1. The molecule has 0 spiro atoms. The van der Waals surface area contributed by atoms with Crippen LogP contribution in [0, 0.1) is 29.6 Å². The van der Waals surface area contributed by atoms with E-state index in [4.69, 9.17) is 14.2 Å². The first kappa shape index (κ1) is 46.8. The Labute approximate surface area is 342 Å². The molecular weight excluding hydrogens is 723 g/mol. The lowest BCUT2D eigenvalue weighted by atomic mass is 9.80. The summed E-state index contributed by atoms with van der Waals surface area (Å²) in [6, 6.07) is -0.980. The summed E-state index contributed by atoms with van der Waals surface area (Å²) in [6.07, 6.45) is 18.6. The number of nitrogens with zero attached hydrogens (tertiary/aromatic N) is 1. The SMILES string of the molecule is C=C1C[C@H](O)/C(C)=C/CC([C@H](C)CC2CCC(O)CC2)OC(=O)[C@@H]2CCCCN2C(=O)C(=O)[C@]2(O)O[C@@H](CC[C@H]2C)C[C@H](OC)/C(C)=C/C=C/C=C/[C@@H](C)C[C@H]1C. The second kappa shape index (κ2) is 21.9. The highest BCUT2D eigenvalue weighted by molar-refractivity contribution is 6.39. The molecule has 0 aromatic carbocycles. The number of allylic oxidation sites excluding steroid dienone is 5. The van der Waals surface area contributed by atoms with Crippen molar-refractivity contribution < 1.29 is 43.9 Å². The second-order valence-electron chi connectivity index (χ2n) is 17.9. The lowest BCUT2D eigenvalue weighted by Gasteiger charge is -2.42. The second-order valence-corrected chi connectivity index (χ2v) is 17.9. The van der Waals surface area contributed by atoms with Crippen LogP contribution >= 0.6 is 0 Å². The highest BCUT2D eigenvalue weighted by Gasteiger charge is 2.53. The predicted octanol–water partition coefficient (Wildman–Crippen LogP) is 7.71. The van der Waals surface area contributed by atoms with Crippen LogP contribution in [0.2, 0.25) is 0 Å². The maximum absolute atomic E-state index is 14.2. The third-order valence-corrected chi connectivity index (χ3v) is 13.3. The number of hydrogen-bond donors (Lipinski definition) is 3. The minimum Gasteiger partial charge on any atom is -0.460 e. The van der Waals surface area contributed by atoms with Gasteiger partial charge < -0.3 is 34.4 Å². The van der Waals surface area contributed by atoms with Gasteiger partial charge in [0.05, 0.1) is 24.4 Å². The fraction of sp³-hybridized carbons (Fsp3) is 0.723. The first-order valence-corrected chi connectivity index (χ1v) is 21.7. The van der Waals surface area contributed by atoms with Crippen molar-refractivity contribution in [3.63, 3.8) is 0 Å². The quantitative estimate of drug-likeness (QED) is 0.148. The van der Waals surface area contributed by atoms with Crippen molar-refractivity contribution in [3.05, 3.63) is 59.8 Å².